The van der Waals surface area contributed by atoms with Crippen LogP contribution in [0, 0.1) is 0 Å². The van der Waals surface area contributed by atoms with Gasteiger partial charge in [0.05, 0.1) is 16.1 Å². The molecule has 2 aromatic heterocycles. The number of hydrogen-bond donors (Lipinski definition) is 0. The van der Waals surface area contributed by atoms with E-state index in [9.17, 15) is 0 Å². The number of likely N-dealkylation sites (N-methyl/N-ethyl adjacent to an activating group) is 1. The fourth-order valence-electron chi connectivity index (χ4n) is 3.02. The van der Waals surface area contributed by atoms with E-state index < -0.39 is 0 Å². The van der Waals surface area contributed by atoms with Gasteiger partial charge in [0.25, 0.3) is 0 Å². The highest BCUT2D eigenvalue weighted by atomic mass is 79.9. The van der Waals surface area contributed by atoms with Crippen LogP contribution in [0.25, 0.3) is 21.5 Å². The molecule has 136 valence electrons. The first-order chi connectivity index (χ1) is 10.8. The van der Waals surface area contributed by atoms with Crippen LogP contribution >= 0.6 is 45.3 Å². The van der Waals surface area contributed by atoms with Crippen molar-refractivity contribution in [2.45, 2.75) is 0 Å². The second-order valence-corrected chi connectivity index (χ2v) is 6.76. The smallest absolute Gasteiger partial charge is 0.0830 e. The number of halogens is 2. The molecule has 3 aromatic rings. The number of nitrogens with zero attached hydrogens (tertiary/aromatic N) is 3. The molecule has 0 saturated carbocycles. The predicted octanol–water partition coefficient (Wildman–Crippen LogP) is 4.05. The number of thiophene rings is 1. The monoisotopic (exact) mass is 487 g/mol. The van der Waals surface area contributed by atoms with Crippen LogP contribution in [0.2, 0.25) is 0 Å². The molecule has 1 fully saturated rings. The quantitative estimate of drug-likeness (QED) is 0.546. The van der Waals surface area contributed by atoms with Gasteiger partial charge in [0.2, 0.25) is 0 Å². The molecule has 25 heavy (non-hydrogen) atoms. The van der Waals surface area contributed by atoms with E-state index in [-0.39, 0.29) is 39.4 Å². The molecule has 1 aliphatic rings. The summed E-state index contributed by atoms with van der Waals surface area (Å²) in [4.78, 5) is 11.0. The Balaban J connectivity index is 0.00000104. The molecule has 0 amide bonds. The lowest BCUT2D eigenvalue weighted by atomic mass is 10.1. The summed E-state index contributed by atoms with van der Waals surface area (Å²) in [5.74, 6) is 0. The van der Waals surface area contributed by atoms with Gasteiger partial charge in [-0.3, -0.25) is 0 Å². The SMILES string of the molecule is Br.Br.CN1CCN(c2cc(-c3cccs3)nc3ccccc23)CC1.O. The second kappa shape index (κ2) is 9.64. The van der Waals surface area contributed by atoms with Crippen LogP contribution in [-0.2, 0) is 0 Å². The standard InChI is InChI=1S/C18H19N3S.2BrH.H2O/c1-20-8-10-21(11-9-20)17-13-16(18-7-4-12-22-18)19-15-6-3-2-5-14(15)17;;;/h2-7,12-13H,8-11H2,1H3;2*1H;1H2. The van der Waals surface area contributed by atoms with Gasteiger partial charge in [0.15, 0.2) is 0 Å². The fourth-order valence-corrected chi connectivity index (χ4v) is 3.70. The minimum atomic E-state index is 0. The number of piperazine rings is 1. The lowest BCUT2D eigenvalue weighted by Crippen LogP contribution is -2.44. The Morgan fingerprint density at radius 2 is 1.68 bits per heavy atom. The van der Waals surface area contributed by atoms with Crippen molar-refractivity contribution in [1.82, 2.24) is 9.88 Å². The zero-order chi connectivity index (χ0) is 14.9. The molecule has 1 aliphatic heterocycles. The van der Waals surface area contributed by atoms with Gasteiger partial charge in [-0.15, -0.1) is 45.3 Å². The fraction of sp³-hybridized carbons (Fsp3) is 0.278. The zero-order valence-electron chi connectivity index (χ0n) is 14.0. The number of para-hydroxylation sites is 1. The number of anilines is 1. The van der Waals surface area contributed by atoms with E-state index in [1.165, 1.54) is 16.0 Å². The van der Waals surface area contributed by atoms with Crippen LogP contribution in [0.5, 0.6) is 0 Å². The molecule has 4 rings (SSSR count). The molecular weight excluding hydrogens is 466 g/mol. The summed E-state index contributed by atoms with van der Waals surface area (Å²) in [5, 5.41) is 3.37. The van der Waals surface area contributed by atoms with Crippen molar-refractivity contribution < 1.29 is 5.48 Å². The Bertz CT molecular complexity index is 790. The predicted molar refractivity (Wildman–Crippen MR) is 119 cm³/mol. The normalized spacial score (nSPS) is 14.4. The highest BCUT2D eigenvalue weighted by molar-refractivity contribution is 8.93. The highest BCUT2D eigenvalue weighted by Gasteiger charge is 2.18. The van der Waals surface area contributed by atoms with Gasteiger partial charge in [-0.1, -0.05) is 24.3 Å². The van der Waals surface area contributed by atoms with Crippen molar-refractivity contribution >= 4 is 61.9 Å². The maximum absolute atomic E-state index is 4.86. The maximum Gasteiger partial charge on any atom is 0.0830 e. The maximum atomic E-state index is 4.86. The van der Waals surface area contributed by atoms with Crippen LogP contribution in [0.3, 0.4) is 0 Å². The van der Waals surface area contributed by atoms with E-state index in [0.717, 1.165) is 37.4 Å². The van der Waals surface area contributed by atoms with Crippen molar-refractivity contribution in [3.63, 3.8) is 0 Å². The summed E-state index contributed by atoms with van der Waals surface area (Å²) in [5.41, 5.74) is 3.49. The van der Waals surface area contributed by atoms with Crippen molar-refractivity contribution in [2.75, 3.05) is 38.1 Å². The Kier molecular flexibility index (Phi) is 8.50. The summed E-state index contributed by atoms with van der Waals surface area (Å²) in [6, 6.07) is 15.0. The first kappa shape index (κ1) is 22.1. The molecule has 1 aromatic carbocycles. The summed E-state index contributed by atoms with van der Waals surface area (Å²) in [6.07, 6.45) is 0. The van der Waals surface area contributed by atoms with Crippen LogP contribution in [0.1, 0.15) is 0 Å². The minimum absolute atomic E-state index is 0. The first-order valence-electron chi connectivity index (χ1n) is 7.68. The van der Waals surface area contributed by atoms with E-state index in [0.29, 0.717) is 0 Å². The van der Waals surface area contributed by atoms with Crippen molar-refractivity contribution in [3.8, 4) is 10.6 Å². The molecule has 3 heterocycles. The van der Waals surface area contributed by atoms with E-state index >= 15 is 0 Å². The van der Waals surface area contributed by atoms with Crippen molar-refractivity contribution in [1.29, 1.82) is 0 Å². The number of hydrogen-bond acceptors (Lipinski definition) is 4. The number of pyridine rings is 1. The summed E-state index contributed by atoms with van der Waals surface area (Å²) in [7, 11) is 2.19. The molecule has 0 radical (unpaired) electrons. The molecule has 4 nitrogen and oxygen atoms in total. The number of rotatable bonds is 2. The molecule has 7 heteroatoms. The van der Waals surface area contributed by atoms with Crippen LogP contribution in [0.15, 0.2) is 47.8 Å². The third-order valence-corrected chi connectivity index (χ3v) is 5.20. The average molecular weight is 489 g/mol. The second-order valence-electron chi connectivity index (χ2n) is 5.81. The van der Waals surface area contributed by atoms with Gasteiger partial charge in [0, 0.05) is 37.3 Å². The Morgan fingerprint density at radius 3 is 2.36 bits per heavy atom. The Hall–Kier alpha value is -0.990. The van der Waals surface area contributed by atoms with Gasteiger partial charge in [-0.25, -0.2) is 4.98 Å². The molecule has 2 N–H and O–H groups in total. The zero-order valence-corrected chi connectivity index (χ0v) is 18.3. The van der Waals surface area contributed by atoms with Gasteiger partial charge < -0.3 is 15.3 Å². The van der Waals surface area contributed by atoms with Crippen molar-refractivity contribution in [3.05, 3.63) is 47.8 Å². The molecule has 0 aliphatic carbocycles. The lowest BCUT2D eigenvalue weighted by molar-refractivity contribution is 0.313. The number of fused-ring (bicyclic) bond motifs is 1. The van der Waals surface area contributed by atoms with E-state index in [4.69, 9.17) is 4.98 Å². The van der Waals surface area contributed by atoms with Crippen LogP contribution < -0.4 is 4.90 Å². The molecular formula is C18H23Br2N3OS. The molecule has 1 saturated heterocycles. The lowest BCUT2D eigenvalue weighted by Gasteiger charge is -2.34. The highest BCUT2D eigenvalue weighted by Crippen LogP contribution is 2.33. The Morgan fingerprint density at radius 1 is 0.960 bits per heavy atom. The summed E-state index contributed by atoms with van der Waals surface area (Å²) < 4.78 is 0. The first-order valence-corrected chi connectivity index (χ1v) is 8.56. The molecule has 0 atom stereocenters. The Labute approximate surface area is 173 Å². The summed E-state index contributed by atoms with van der Waals surface area (Å²) in [6.45, 7) is 4.39. The molecule has 0 unspecified atom stereocenters. The third-order valence-electron chi connectivity index (χ3n) is 4.31. The average Bonchev–Trinajstić information content (AvgIpc) is 3.09. The van der Waals surface area contributed by atoms with E-state index in [1.807, 2.05) is 0 Å². The third kappa shape index (κ3) is 4.60. The minimum Gasteiger partial charge on any atom is -0.412 e. The largest absolute Gasteiger partial charge is 0.412 e. The molecule has 0 spiro atoms. The van der Waals surface area contributed by atoms with Gasteiger partial charge in [0.1, 0.15) is 0 Å². The van der Waals surface area contributed by atoms with Gasteiger partial charge >= 0.3 is 0 Å². The van der Waals surface area contributed by atoms with Gasteiger partial charge in [-0.05, 0) is 30.6 Å². The van der Waals surface area contributed by atoms with Gasteiger partial charge in [-0.2, -0.15) is 0 Å². The molecule has 0 bridgehead atoms. The van der Waals surface area contributed by atoms with E-state index in [1.54, 1.807) is 11.3 Å². The number of aromatic nitrogens is 1. The topological polar surface area (TPSA) is 50.9 Å². The summed E-state index contributed by atoms with van der Waals surface area (Å²) >= 11 is 1.75. The number of benzene rings is 1. The van der Waals surface area contributed by atoms with Crippen LogP contribution in [0.4, 0.5) is 5.69 Å². The van der Waals surface area contributed by atoms with E-state index in [2.05, 4.69) is 64.7 Å². The van der Waals surface area contributed by atoms with Crippen molar-refractivity contribution in [2.24, 2.45) is 0 Å². The van der Waals surface area contributed by atoms with Crippen LogP contribution in [-0.4, -0.2) is 48.6 Å².